The van der Waals surface area contributed by atoms with Crippen LogP contribution in [0.25, 0.3) is 0 Å². The van der Waals surface area contributed by atoms with Crippen molar-refractivity contribution in [3.8, 4) is 0 Å². The molecule has 4 aliphatic rings. The van der Waals surface area contributed by atoms with Crippen molar-refractivity contribution in [2.24, 2.45) is 23.7 Å². The molecule has 1 aromatic carbocycles. The van der Waals surface area contributed by atoms with E-state index in [2.05, 4.69) is 12.2 Å². The Morgan fingerprint density at radius 3 is 2.31 bits per heavy atom. The molecule has 0 saturated carbocycles. The number of ether oxygens (including phenoxy) is 7. The summed E-state index contributed by atoms with van der Waals surface area (Å²) in [5, 5.41) is 49.2. The number of methoxy groups -OCH3 is 1. The predicted octanol–water partition coefficient (Wildman–Crippen LogP) is 3.85. The van der Waals surface area contributed by atoms with Crippen LogP contribution in [0.2, 0.25) is 0 Å². The highest BCUT2D eigenvalue weighted by Gasteiger charge is 2.59. The fraction of sp³-hybridized carbons (Fsp3) is 0.833. The number of esters is 1. The van der Waals surface area contributed by atoms with E-state index in [0.717, 1.165) is 5.56 Å². The number of aliphatic hydroxyl groups is 4. The van der Waals surface area contributed by atoms with Gasteiger partial charge in [0, 0.05) is 38.0 Å². The molecule has 55 heavy (non-hydrogen) atoms. The van der Waals surface area contributed by atoms with Crippen LogP contribution in [0.4, 0.5) is 0 Å². The van der Waals surface area contributed by atoms with E-state index in [-0.39, 0.29) is 30.9 Å². The summed E-state index contributed by atoms with van der Waals surface area (Å²) in [6.07, 6.45) is -7.75. The molecule has 4 aliphatic heterocycles. The number of rotatable bonds is 11. The molecule has 1 aromatic rings. The topological polar surface area (TPSA) is 175 Å². The zero-order valence-electron chi connectivity index (χ0n) is 34.7. The van der Waals surface area contributed by atoms with Gasteiger partial charge in [0.15, 0.2) is 12.6 Å². The van der Waals surface area contributed by atoms with E-state index < -0.39 is 102 Å². The third kappa shape index (κ3) is 9.28. The van der Waals surface area contributed by atoms with E-state index in [9.17, 15) is 25.2 Å². The molecule has 8 unspecified atom stereocenters. The van der Waals surface area contributed by atoms with Gasteiger partial charge in [0.25, 0.3) is 0 Å². The number of aliphatic hydroxyl groups excluding tert-OH is 3. The molecule has 5 N–H and O–H groups in total. The number of carbonyl (C=O) groups is 1. The number of cyclic esters (lactones) is 1. The maximum Gasteiger partial charge on any atom is 0.311 e. The monoisotopic (exact) mass is 779 g/mol. The van der Waals surface area contributed by atoms with Gasteiger partial charge in [-0.3, -0.25) is 4.79 Å². The first kappa shape index (κ1) is 44.4. The second-order valence-electron chi connectivity index (χ2n) is 17.7. The summed E-state index contributed by atoms with van der Waals surface area (Å²) < 4.78 is 45.4. The van der Waals surface area contributed by atoms with Crippen LogP contribution in [0.15, 0.2) is 30.3 Å². The minimum Gasteiger partial charge on any atom is -0.459 e. The normalized spacial score (nSPS) is 45.9. The van der Waals surface area contributed by atoms with E-state index in [1.165, 1.54) is 14.0 Å². The minimum absolute atomic E-state index is 0.0758. The molecule has 0 aromatic heterocycles. The van der Waals surface area contributed by atoms with E-state index in [1.807, 2.05) is 58.0 Å². The summed E-state index contributed by atoms with van der Waals surface area (Å²) in [7, 11) is 1.53. The molecule has 4 fully saturated rings. The molecule has 0 aliphatic carbocycles. The van der Waals surface area contributed by atoms with Gasteiger partial charge in [-0.15, -0.1) is 0 Å². The molecular weight excluding hydrogens is 710 g/mol. The van der Waals surface area contributed by atoms with Crippen molar-refractivity contribution < 1.29 is 58.4 Å². The number of hydrogen-bond acceptors (Lipinski definition) is 13. The first-order valence-electron chi connectivity index (χ1n) is 20.3. The second-order valence-corrected chi connectivity index (χ2v) is 17.7. The fourth-order valence-corrected chi connectivity index (χ4v) is 9.76. The summed E-state index contributed by atoms with van der Waals surface area (Å²) in [5.41, 5.74) is -2.69. The molecule has 13 nitrogen and oxygen atoms in total. The molecule has 5 rings (SSSR count). The Labute approximate surface area is 327 Å². The fourth-order valence-electron chi connectivity index (χ4n) is 9.76. The number of benzene rings is 1. The van der Waals surface area contributed by atoms with E-state index in [4.69, 9.17) is 33.2 Å². The van der Waals surface area contributed by atoms with Crippen LogP contribution in [0.3, 0.4) is 0 Å². The molecule has 13 heteroatoms. The zero-order chi connectivity index (χ0) is 40.6. The molecule has 314 valence electrons. The van der Waals surface area contributed by atoms with Crippen molar-refractivity contribution in [3.05, 3.63) is 35.9 Å². The lowest BCUT2D eigenvalue weighted by molar-refractivity contribution is -0.316. The third-order valence-electron chi connectivity index (χ3n) is 13.2. The molecule has 19 atom stereocenters. The summed E-state index contributed by atoms with van der Waals surface area (Å²) >= 11 is 0. The molecule has 0 amide bonds. The van der Waals surface area contributed by atoms with E-state index in [0.29, 0.717) is 19.4 Å². The van der Waals surface area contributed by atoms with Crippen LogP contribution in [0.5, 0.6) is 0 Å². The Bertz CT molecular complexity index is 1400. The molecule has 2 bridgehead atoms. The molecule has 0 spiro atoms. The van der Waals surface area contributed by atoms with E-state index >= 15 is 0 Å². The first-order valence-corrected chi connectivity index (χ1v) is 20.3. The average molecular weight is 780 g/mol. The van der Waals surface area contributed by atoms with E-state index in [1.54, 1.807) is 27.7 Å². The largest absolute Gasteiger partial charge is 0.459 e. The van der Waals surface area contributed by atoms with Gasteiger partial charge in [0.05, 0.1) is 53.7 Å². The average Bonchev–Trinajstić information content (AvgIpc) is 3.47. The summed E-state index contributed by atoms with van der Waals surface area (Å²) in [5.74, 6) is -2.76. The Morgan fingerprint density at radius 2 is 1.67 bits per heavy atom. The van der Waals surface area contributed by atoms with Gasteiger partial charge < -0.3 is 58.9 Å². The third-order valence-corrected chi connectivity index (χ3v) is 13.2. The lowest BCUT2D eigenvalue weighted by Gasteiger charge is -2.48. The van der Waals surface area contributed by atoms with Crippen LogP contribution in [-0.2, 0) is 44.5 Å². The number of carbonyl (C=O) groups excluding carboxylic acids is 1. The maximum atomic E-state index is 14.4. The van der Waals surface area contributed by atoms with Crippen molar-refractivity contribution >= 4 is 5.97 Å². The van der Waals surface area contributed by atoms with Gasteiger partial charge in [0.2, 0.25) is 0 Å². The van der Waals surface area contributed by atoms with Gasteiger partial charge in [-0.05, 0) is 72.3 Å². The van der Waals surface area contributed by atoms with Gasteiger partial charge in [0.1, 0.15) is 23.9 Å². The number of fused-ring (bicyclic) bond motifs is 2. The van der Waals surface area contributed by atoms with Crippen molar-refractivity contribution in [2.75, 3.05) is 7.11 Å². The van der Waals surface area contributed by atoms with Crippen molar-refractivity contribution in [1.82, 2.24) is 5.32 Å². The maximum absolute atomic E-state index is 14.4. The molecule has 0 radical (unpaired) electrons. The first-order chi connectivity index (χ1) is 25.8. The lowest BCUT2D eigenvalue weighted by atomic mass is 9.76. The quantitative estimate of drug-likeness (QED) is 0.205. The predicted molar refractivity (Wildman–Crippen MR) is 203 cm³/mol. The summed E-state index contributed by atoms with van der Waals surface area (Å²) in [6, 6.07) is 9.65. The minimum atomic E-state index is -1.80. The van der Waals surface area contributed by atoms with Crippen LogP contribution in [0, 0.1) is 23.7 Å². The van der Waals surface area contributed by atoms with Crippen LogP contribution < -0.4 is 5.32 Å². The lowest BCUT2D eigenvalue weighted by Crippen LogP contribution is -2.60. The van der Waals surface area contributed by atoms with Crippen molar-refractivity contribution in [3.63, 3.8) is 0 Å². The zero-order valence-corrected chi connectivity index (χ0v) is 34.7. The molecule has 4 heterocycles. The Kier molecular flexibility index (Phi) is 14.2. The van der Waals surface area contributed by atoms with Gasteiger partial charge in [-0.1, -0.05) is 58.0 Å². The van der Waals surface area contributed by atoms with Crippen LogP contribution >= 0.6 is 0 Å². The highest BCUT2D eigenvalue weighted by molar-refractivity contribution is 5.73. The molecule has 4 saturated heterocycles. The van der Waals surface area contributed by atoms with Crippen LogP contribution in [-0.4, -0.2) is 124 Å². The van der Waals surface area contributed by atoms with Crippen LogP contribution in [0.1, 0.15) is 100 Å². The highest BCUT2D eigenvalue weighted by atomic mass is 16.7. The smallest absolute Gasteiger partial charge is 0.311 e. The number of hydrogen-bond donors (Lipinski definition) is 5. The van der Waals surface area contributed by atoms with Gasteiger partial charge in [-0.2, -0.15) is 0 Å². The van der Waals surface area contributed by atoms with Gasteiger partial charge >= 0.3 is 5.97 Å². The second kappa shape index (κ2) is 17.6. The Hall–Kier alpha value is -1.75. The summed E-state index contributed by atoms with van der Waals surface area (Å²) in [4.78, 5) is 14.4. The SMILES string of the molecule is CC[C@@H](O)[C@@](C)(O)[C@@H]1OC(=O)[C@H](C)[C@@H](O[C@H]2CC(C)(OC)[C@@H](O)C(C)O2)[C@H](C)[C@@H](O[C@@H]2OC(C)CC(NCc3ccccc3)C2O)C2(C)CC(C)C(O2)[C@@H]1C. The molecular formula is C42H69NO12. The van der Waals surface area contributed by atoms with Gasteiger partial charge in [-0.25, -0.2) is 0 Å². The Morgan fingerprint density at radius 1 is 1.00 bits per heavy atom. The standard InChI is InChI=1S/C42H69NO12/c1-12-30(44)42(10,48)37-24(4)33-22(2)19-41(9,55-33)36(54-39-32(45)29(18-23(3)50-39)43-21-28-16-14-13-15-17-28)25(5)34(26(6)38(47)53-37)52-31-20-40(8,49-11)35(46)27(7)51-31/h13-17,22-27,29-37,39,43-46,48H,12,18-21H2,1-11H3/t22?,23?,24-,25-,26+,27?,29?,30+,31-,32?,33?,34-,35-,36+,37+,39-,40?,41?,42+/m0/s1. The van der Waals surface area contributed by atoms with Crippen molar-refractivity contribution in [1.29, 1.82) is 0 Å². The summed E-state index contributed by atoms with van der Waals surface area (Å²) in [6.45, 7) is 18.9. The van der Waals surface area contributed by atoms with Crippen molar-refractivity contribution in [2.45, 2.75) is 192 Å². The highest BCUT2D eigenvalue weighted by Crippen LogP contribution is 2.48. The number of nitrogens with one attached hydrogen (secondary N) is 1. The Balaban J connectivity index is 1.54.